The predicted octanol–water partition coefficient (Wildman–Crippen LogP) is 2.40. The van der Waals surface area contributed by atoms with E-state index in [1.54, 1.807) is 16.8 Å². The van der Waals surface area contributed by atoms with E-state index in [0.29, 0.717) is 5.82 Å². The molecule has 2 aromatic rings. The fourth-order valence-electron chi connectivity index (χ4n) is 1.95. The largest absolute Gasteiger partial charge is 0.478 e. The number of rotatable bonds is 4. The van der Waals surface area contributed by atoms with E-state index in [1.807, 2.05) is 26.8 Å². The Labute approximate surface area is 111 Å². The fraction of sp³-hybridized carbons (Fsp3) is 0.357. The van der Waals surface area contributed by atoms with Crippen LogP contribution in [0.25, 0.3) is 5.82 Å². The van der Waals surface area contributed by atoms with Gasteiger partial charge in [-0.1, -0.05) is 13.8 Å². The first-order valence-electron chi connectivity index (χ1n) is 6.36. The van der Waals surface area contributed by atoms with E-state index >= 15 is 0 Å². The smallest absolute Gasteiger partial charge is 0.339 e. The zero-order valence-corrected chi connectivity index (χ0v) is 11.3. The molecule has 0 aromatic carbocycles. The van der Waals surface area contributed by atoms with Crippen LogP contribution < -0.4 is 0 Å². The lowest BCUT2D eigenvalue weighted by molar-refractivity contribution is 0.0696. The molecule has 0 fully saturated rings. The lowest BCUT2D eigenvalue weighted by atomic mass is 10.2. The average molecular weight is 259 g/mol. The van der Waals surface area contributed by atoms with Crippen LogP contribution >= 0.6 is 0 Å². The third kappa shape index (κ3) is 2.50. The van der Waals surface area contributed by atoms with E-state index in [0.717, 1.165) is 29.9 Å². The minimum Gasteiger partial charge on any atom is -0.478 e. The first kappa shape index (κ1) is 13.3. The molecule has 0 saturated heterocycles. The molecule has 0 aliphatic carbocycles. The minimum absolute atomic E-state index is 0.172. The van der Waals surface area contributed by atoms with Crippen molar-refractivity contribution in [2.45, 2.75) is 33.6 Å². The predicted molar refractivity (Wildman–Crippen MR) is 71.8 cm³/mol. The van der Waals surface area contributed by atoms with Gasteiger partial charge in [-0.2, -0.15) is 5.10 Å². The maximum atomic E-state index is 11.3. The Balaban J connectivity index is 2.66. The van der Waals surface area contributed by atoms with Gasteiger partial charge in [-0.05, 0) is 38.0 Å². The molecule has 0 unspecified atom stereocenters. The van der Waals surface area contributed by atoms with Crippen molar-refractivity contribution in [1.82, 2.24) is 14.8 Å². The number of carboxylic acid groups (broad SMARTS) is 1. The number of pyridine rings is 1. The highest BCUT2D eigenvalue weighted by atomic mass is 16.4. The Morgan fingerprint density at radius 2 is 2.05 bits per heavy atom. The van der Waals surface area contributed by atoms with Crippen LogP contribution in [0, 0.1) is 6.92 Å². The molecule has 19 heavy (non-hydrogen) atoms. The third-order valence-electron chi connectivity index (χ3n) is 3.00. The number of nitrogens with zero attached hydrogens (tertiary/aromatic N) is 3. The second kappa shape index (κ2) is 5.22. The van der Waals surface area contributed by atoms with Crippen molar-refractivity contribution < 1.29 is 9.90 Å². The molecule has 2 heterocycles. The van der Waals surface area contributed by atoms with Crippen LogP contribution in [-0.2, 0) is 12.8 Å². The first-order chi connectivity index (χ1) is 9.06. The molecule has 1 N–H and O–H groups in total. The molecule has 2 rings (SSSR count). The van der Waals surface area contributed by atoms with Gasteiger partial charge in [0.1, 0.15) is 5.56 Å². The van der Waals surface area contributed by atoms with Gasteiger partial charge in [0.15, 0.2) is 5.82 Å². The van der Waals surface area contributed by atoms with Crippen LogP contribution in [-0.4, -0.2) is 25.8 Å². The molecule has 2 aromatic heterocycles. The highest BCUT2D eigenvalue weighted by Gasteiger charge is 2.17. The molecule has 0 bridgehead atoms. The van der Waals surface area contributed by atoms with E-state index < -0.39 is 5.97 Å². The number of hydrogen-bond acceptors (Lipinski definition) is 3. The Morgan fingerprint density at radius 1 is 1.32 bits per heavy atom. The summed E-state index contributed by atoms with van der Waals surface area (Å²) in [5, 5.41) is 13.7. The monoisotopic (exact) mass is 259 g/mol. The molecule has 0 amide bonds. The van der Waals surface area contributed by atoms with Crippen molar-refractivity contribution in [2.75, 3.05) is 0 Å². The van der Waals surface area contributed by atoms with E-state index in [9.17, 15) is 9.90 Å². The van der Waals surface area contributed by atoms with Gasteiger partial charge < -0.3 is 5.11 Å². The van der Waals surface area contributed by atoms with Gasteiger partial charge in [-0.3, -0.25) is 0 Å². The maximum Gasteiger partial charge on any atom is 0.339 e. The molecular formula is C14H17N3O2. The van der Waals surface area contributed by atoms with Crippen LogP contribution in [0.2, 0.25) is 0 Å². The summed E-state index contributed by atoms with van der Waals surface area (Å²) in [6.07, 6.45) is 1.59. The van der Waals surface area contributed by atoms with Crippen molar-refractivity contribution in [2.24, 2.45) is 0 Å². The highest BCUT2D eigenvalue weighted by molar-refractivity contribution is 5.91. The summed E-state index contributed by atoms with van der Waals surface area (Å²) in [5.41, 5.74) is 2.86. The van der Waals surface area contributed by atoms with Crippen LogP contribution in [0.1, 0.15) is 41.3 Å². The Kier molecular flexibility index (Phi) is 3.64. The number of carboxylic acids is 1. The summed E-state index contributed by atoms with van der Waals surface area (Å²) in [5.74, 6) is -0.595. The lowest BCUT2D eigenvalue weighted by Crippen LogP contribution is -2.12. The van der Waals surface area contributed by atoms with Crippen molar-refractivity contribution in [3.8, 4) is 5.82 Å². The third-order valence-corrected chi connectivity index (χ3v) is 3.00. The van der Waals surface area contributed by atoms with Crippen LogP contribution in [0.15, 0.2) is 18.2 Å². The van der Waals surface area contributed by atoms with Gasteiger partial charge >= 0.3 is 5.97 Å². The summed E-state index contributed by atoms with van der Waals surface area (Å²) in [7, 11) is 0. The normalized spacial score (nSPS) is 10.7. The summed E-state index contributed by atoms with van der Waals surface area (Å²) in [6, 6.07) is 5.27. The Bertz CT molecular complexity index is 617. The topological polar surface area (TPSA) is 68.0 Å². The first-order valence-corrected chi connectivity index (χ1v) is 6.36. The van der Waals surface area contributed by atoms with Crippen molar-refractivity contribution in [3.63, 3.8) is 0 Å². The van der Waals surface area contributed by atoms with Gasteiger partial charge in [0.05, 0.1) is 5.69 Å². The number of aromatic carboxylic acids is 1. The quantitative estimate of drug-likeness (QED) is 0.915. The maximum absolute atomic E-state index is 11.3. The second-order valence-electron chi connectivity index (χ2n) is 4.37. The van der Waals surface area contributed by atoms with Crippen LogP contribution in [0.5, 0.6) is 0 Å². The van der Waals surface area contributed by atoms with Crippen molar-refractivity contribution in [3.05, 3.63) is 40.8 Å². The summed E-state index contributed by atoms with van der Waals surface area (Å²) < 4.78 is 1.65. The highest BCUT2D eigenvalue weighted by Crippen LogP contribution is 2.17. The lowest BCUT2D eigenvalue weighted by Gasteiger charge is -2.09. The average Bonchev–Trinajstić information content (AvgIpc) is 2.81. The zero-order valence-electron chi connectivity index (χ0n) is 11.3. The molecule has 0 aliphatic rings. The molecule has 0 radical (unpaired) electrons. The van der Waals surface area contributed by atoms with Gasteiger partial charge in [0.2, 0.25) is 0 Å². The number of aryl methyl sites for hydroxylation is 3. The number of carbonyl (C=O) groups is 1. The van der Waals surface area contributed by atoms with Gasteiger partial charge in [0, 0.05) is 11.4 Å². The second-order valence-corrected chi connectivity index (χ2v) is 4.37. The molecule has 5 heteroatoms. The number of aromatic nitrogens is 3. The molecular weight excluding hydrogens is 242 g/mol. The van der Waals surface area contributed by atoms with Crippen LogP contribution in [0.4, 0.5) is 0 Å². The summed E-state index contributed by atoms with van der Waals surface area (Å²) >= 11 is 0. The standard InChI is InChI=1S/C14H17N3O2/c1-4-10-8-11(5-2)17(16-10)13-12(14(18)19)7-6-9(3)15-13/h6-8H,4-5H2,1-3H3,(H,18,19). The van der Waals surface area contributed by atoms with Gasteiger partial charge in [-0.25, -0.2) is 14.5 Å². The SMILES string of the molecule is CCc1cc(CC)n(-c2nc(C)ccc2C(=O)O)n1. The van der Waals surface area contributed by atoms with E-state index in [-0.39, 0.29) is 5.56 Å². The Hall–Kier alpha value is -2.17. The molecule has 0 spiro atoms. The number of hydrogen-bond donors (Lipinski definition) is 1. The fourth-order valence-corrected chi connectivity index (χ4v) is 1.95. The van der Waals surface area contributed by atoms with Crippen molar-refractivity contribution in [1.29, 1.82) is 0 Å². The van der Waals surface area contributed by atoms with E-state index in [1.165, 1.54) is 0 Å². The molecule has 0 atom stereocenters. The van der Waals surface area contributed by atoms with Crippen molar-refractivity contribution >= 4 is 5.97 Å². The molecule has 100 valence electrons. The zero-order chi connectivity index (χ0) is 14.0. The molecule has 0 saturated carbocycles. The van der Waals surface area contributed by atoms with Gasteiger partial charge in [-0.15, -0.1) is 0 Å². The minimum atomic E-state index is -0.988. The van der Waals surface area contributed by atoms with Crippen LogP contribution in [0.3, 0.4) is 0 Å². The van der Waals surface area contributed by atoms with Gasteiger partial charge in [0.25, 0.3) is 0 Å². The Morgan fingerprint density at radius 3 is 2.63 bits per heavy atom. The van der Waals surface area contributed by atoms with E-state index in [2.05, 4.69) is 10.1 Å². The molecule has 0 aliphatic heterocycles. The summed E-state index contributed by atoms with van der Waals surface area (Å²) in [6.45, 7) is 5.88. The summed E-state index contributed by atoms with van der Waals surface area (Å²) in [4.78, 5) is 15.6. The molecule has 5 nitrogen and oxygen atoms in total. The van der Waals surface area contributed by atoms with E-state index in [4.69, 9.17) is 0 Å².